The first-order valence-electron chi connectivity index (χ1n) is 8.08. The molecule has 8 heteroatoms. The van der Waals surface area contributed by atoms with Crippen molar-refractivity contribution in [3.8, 4) is 17.4 Å². The van der Waals surface area contributed by atoms with Crippen LogP contribution in [0.1, 0.15) is 16.1 Å². The smallest absolute Gasteiger partial charge is 0.298 e. The van der Waals surface area contributed by atoms with E-state index in [0.29, 0.717) is 32.3 Å². The summed E-state index contributed by atoms with van der Waals surface area (Å²) in [5.74, 6) is 0.0644. The molecule has 2 aromatic heterocycles. The van der Waals surface area contributed by atoms with Crippen molar-refractivity contribution in [1.82, 2.24) is 4.57 Å². The third-order valence-electron chi connectivity index (χ3n) is 4.30. The molecule has 2 aromatic carbocycles. The molecule has 0 spiro atoms. The van der Waals surface area contributed by atoms with Crippen LogP contribution in [0.4, 0.5) is 5.69 Å². The number of nitro benzene ring substituents is 1. The van der Waals surface area contributed by atoms with E-state index in [1.807, 2.05) is 0 Å². The van der Waals surface area contributed by atoms with Crippen LogP contribution in [0.5, 0.6) is 0 Å². The van der Waals surface area contributed by atoms with E-state index in [-0.39, 0.29) is 11.4 Å². The quantitative estimate of drug-likeness (QED) is 0.327. The number of hydrogen-bond acceptors (Lipinski definition) is 5. The van der Waals surface area contributed by atoms with Crippen molar-refractivity contribution < 1.29 is 14.1 Å². The van der Waals surface area contributed by atoms with Gasteiger partial charge in [-0.3, -0.25) is 19.5 Å². The predicted octanol–water partition coefficient (Wildman–Crippen LogP) is 5.13. The lowest BCUT2D eigenvalue weighted by Gasteiger charge is -2.03. The number of para-hydroxylation sites is 1. The average molecular weight is 436 g/mol. The molecule has 0 aliphatic heterocycles. The van der Waals surface area contributed by atoms with Crippen molar-refractivity contribution in [2.75, 3.05) is 0 Å². The minimum absolute atomic E-state index is 0.0543. The largest absolute Gasteiger partial charge is 0.451 e. The number of halogens is 1. The van der Waals surface area contributed by atoms with E-state index in [2.05, 4.69) is 22.0 Å². The Hall–Kier alpha value is -3.70. The molecule has 28 heavy (non-hydrogen) atoms. The second-order valence-corrected chi connectivity index (χ2v) is 6.79. The highest BCUT2D eigenvalue weighted by molar-refractivity contribution is 9.10. The number of fused-ring (bicyclic) bond motifs is 1. The van der Waals surface area contributed by atoms with Gasteiger partial charge in [-0.05, 0) is 40.2 Å². The van der Waals surface area contributed by atoms with Crippen LogP contribution in [0, 0.1) is 21.4 Å². The van der Waals surface area contributed by atoms with Gasteiger partial charge in [0.05, 0.1) is 16.0 Å². The summed E-state index contributed by atoms with van der Waals surface area (Å²) in [5.41, 5.74) is 1.54. The molecule has 0 atom stereocenters. The number of nitrogens with zero attached hydrogens (tertiary/aromatic N) is 3. The summed E-state index contributed by atoms with van der Waals surface area (Å²) < 4.78 is 7.56. The second-order valence-electron chi connectivity index (χ2n) is 5.93. The lowest BCUT2D eigenvalue weighted by atomic mass is 10.1. The summed E-state index contributed by atoms with van der Waals surface area (Å²) in [6, 6.07) is 16.6. The Morgan fingerprint density at radius 1 is 1.18 bits per heavy atom. The highest BCUT2D eigenvalue weighted by Gasteiger charge is 2.20. The third kappa shape index (κ3) is 2.88. The van der Waals surface area contributed by atoms with Crippen LogP contribution in [0.2, 0.25) is 0 Å². The minimum atomic E-state index is -0.491. The normalized spacial score (nSPS) is 10.7. The molecule has 0 saturated heterocycles. The summed E-state index contributed by atoms with van der Waals surface area (Å²) >= 11 is 3.30. The standard InChI is InChI=1S/C20H10BrN3O4/c21-16-9-13(24(26)27)5-6-15(16)18-7-8-19(28-18)20(25)23-11-12(10-22)14-3-1-2-4-17(14)23/h1-9,11H. The molecule has 0 aliphatic rings. The highest BCUT2D eigenvalue weighted by atomic mass is 79.9. The van der Waals surface area contributed by atoms with Gasteiger partial charge >= 0.3 is 0 Å². The predicted molar refractivity (Wildman–Crippen MR) is 105 cm³/mol. The maximum absolute atomic E-state index is 12.9. The van der Waals surface area contributed by atoms with Crippen molar-refractivity contribution in [1.29, 1.82) is 5.26 Å². The number of carbonyl (C=O) groups is 1. The van der Waals surface area contributed by atoms with Gasteiger partial charge in [-0.1, -0.05) is 18.2 Å². The van der Waals surface area contributed by atoms with Crippen LogP contribution in [0.15, 0.2) is 69.7 Å². The Morgan fingerprint density at radius 3 is 2.68 bits per heavy atom. The molecule has 0 fully saturated rings. The maximum Gasteiger partial charge on any atom is 0.298 e. The van der Waals surface area contributed by atoms with E-state index < -0.39 is 10.8 Å². The van der Waals surface area contributed by atoms with Crippen molar-refractivity contribution in [3.63, 3.8) is 0 Å². The zero-order chi connectivity index (χ0) is 19.8. The maximum atomic E-state index is 12.9. The molecule has 0 aliphatic carbocycles. The number of benzene rings is 2. The molecule has 4 aromatic rings. The number of hydrogen-bond donors (Lipinski definition) is 0. The van der Waals surface area contributed by atoms with Crippen LogP contribution in [-0.2, 0) is 0 Å². The molecule has 0 saturated carbocycles. The number of nitriles is 1. The zero-order valence-electron chi connectivity index (χ0n) is 14.1. The van der Waals surface area contributed by atoms with Crippen LogP contribution >= 0.6 is 15.9 Å². The fourth-order valence-electron chi connectivity index (χ4n) is 2.97. The molecule has 0 amide bonds. The molecule has 2 heterocycles. The lowest BCUT2D eigenvalue weighted by molar-refractivity contribution is -0.384. The van der Waals surface area contributed by atoms with Crippen LogP contribution in [0.25, 0.3) is 22.2 Å². The third-order valence-corrected chi connectivity index (χ3v) is 4.95. The summed E-state index contributed by atoms with van der Waals surface area (Å²) in [7, 11) is 0. The molecule has 136 valence electrons. The first kappa shape index (κ1) is 17.7. The SMILES string of the molecule is N#Cc1cn(C(=O)c2ccc(-c3ccc([N+](=O)[O-])cc3Br)o2)c2ccccc12. The Kier molecular flexibility index (Phi) is 4.29. The van der Waals surface area contributed by atoms with E-state index in [1.54, 1.807) is 36.4 Å². The van der Waals surface area contributed by atoms with E-state index in [1.165, 1.54) is 29.0 Å². The number of non-ortho nitro benzene ring substituents is 1. The van der Waals surface area contributed by atoms with Crippen molar-refractivity contribution in [2.24, 2.45) is 0 Å². The first-order valence-corrected chi connectivity index (χ1v) is 8.88. The van der Waals surface area contributed by atoms with Crippen LogP contribution < -0.4 is 0 Å². The number of furan rings is 1. The number of carbonyl (C=O) groups excluding carboxylic acids is 1. The molecule has 7 nitrogen and oxygen atoms in total. The number of aromatic nitrogens is 1. The fourth-order valence-corrected chi connectivity index (χ4v) is 3.53. The molecule has 0 radical (unpaired) electrons. The summed E-state index contributed by atoms with van der Waals surface area (Å²) in [6.07, 6.45) is 1.48. The lowest BCUT2D eigenvalue weighted by Crippen LogP contribution is -2.09. The Bertz CT molecular complexity index is 1300. The summed E-state index contributed by atoms with van der Waals surface area (Å²) in [5, 5.41) is 20.9. The summed E-state index contributed by atoms with van der Waals surface area (Å²) in [6.45, 7) is 0. The minimum Gasteiger partial charge on any atom is -0.451 e. The van der Waals surface area contributed by atoms with Crippen LogP contribution in [0.3, 0.4) is 0 Å². The number of rotatable bonds is 3. The molecule has 0 N–H and O–H groups in total. The topological polar surface area (TPSA) is 102 Å². The van der Waals surface area contributed by atoms with Gasteiger partial charge in [0.2, 0.25) is 0 Å². The fraction of sp³-hybridized carbons (Fsp3) is 0. The van der Waals surface area contributed by atoms with Gasteiger partial charge in [-0.25, -0.2) is 0 Å². The van der Waals surface area contributed by atoms with Gasteiger partial charge < -0.3 is 4.42 Å². The van der Waals surface area contributed by atoms with Crippen molar-refractivity contribution >= 4 is 38.4 Å². The van der Waals surface area contributed by atoms with Crippen LogP contribution in [-0.4, -0.2) is 15.4 Å². The zero-order valence-corrected chi connectivity index (χ0v) is 15.7. The Morgan fingerprint density at radius 2 is 1.96 bits per heavy atom. The molecular weight excluding hydrogens is 426 g/mol. The van der Waals surface area contributed by atoms with Gasteiger partial charge in [0.1, 0.15) is 11.8 Å². The van der Waals surface area contributed by atoms with Gasteiger partial charge in [0, 0.05) is 33.8 Å². The molecule has 0 unspecified atom stereocenters. The second kappa shape index (κ2) is 6.79. The van der Waals surface area contributed by atoms with Crippen molar-refractivity contribution in [2.45, 2.75) is 0 Å². The molecule has 4 rings (SSSR count). The monoisotopic (exact) mass is 435 g/mol. The van der Waals surface area contributed by atoms with Crippen molar-refractivity contribution in [3.05, 3.63) is 86.7 Å². The summed E-state index contributed by atoms with van der Waals surface area (Å²) in [4.78, 5) is 23.3. The van der Waals surface area contributed by atoms with Gasteiger partial charge in [-0.15, -0.1) is 0 Å². The highest BCUT2D eigenvalue weighted by Crippen LogP contribution is 2.33. The van der Waals surface area contributed by atoms with Gasteiger partial charge in [0.25, 0.3) is 11.6 Å². The molecular formula is C20H10BrN3O4. The van der Waals surface area contributed by atoms with Gasteiger partial charge in [-0.2, -0.15) is 5.26 Å². The van der Waals surface area contributed by atoms with E-state index >= 15 is 0 Å². The average Bonchev–Trinajstić information content (AvgIpc) is 3.32. The van der Waals surface area contributed by atoms with Gasteiger partial charge in [0.15, 0.2) is 5.76 Å². The Labute approximate surface area is 166 Å². The Balaban J connectivity index is 1.74. The first-order chi connectivity index (χ1) is 13.5. The van der Waals surface area contributed by atoms with E-state index in [9.17, 15) is 20.2 Å². The van der Waals surface area contributed by atoms with E-state index in [0.717, 1.165) is 0 Å². The van der Waals surface area contributed by atoms with E-state index in [4.69, 9.17) is 4.42 Å². The molecule has 0 bridgehead atoms. The number of nitro groups is 1.